The number of anilines is 3. The second kappa shape index (κ2) is 12.5. The van der Waals surface area contributed by atoms with Crippen LogP contribution >= 0.6 is 7.29 Å². The van der Waals surface area contributed by atoms with Crippen molar-refractivity contribution in [1.82, 2.24) is 8.74 Å². The fourth-order valence-electron chi connectivity index (χ4n) is 7.75. The Balaban J connectivity index is 0.000000166. The first-order valence-corrected chi connectivity index (χ1v) is 18.6. The van der Waals surface area contributed by atoms with Crippen molar-refractivity contribution < 1.29 is 4.57 Å². The fourth-order valence-corrected chi connectivity index (χ4v) is 10.1. The van der Waals surface area contributed by atoms with Crippen molar-refractivity contribution in [2.45, 2.75) is 34.2 Å². The summed E-state index contributed by atoms with van der Waals surface area (Å²) in [4.78, 5) is 4.70. The van der Waals surface area contributed by atoms with E-state index in [0.29, 0.717) is 10.9 Å². The van der Waals surface area contributed by atoms with E-state index in [0.717, 1.165) is 40.1 Å². The molecule has 0 spiro atoms. The van der Waals surface area contributed by atoms with E-state index in [-0.39, 0.29) is 0 Å². The molecule has 47 heavy (non-hydrogen) atoms. The van der Waals surface area contributed by atoms with Gasteiger partial charge in [0.2, 0.25) is 0 Å². The minimum absolute atomic E-state index is 0.389. The van der Waals surface area contributed by atoms with Crippen LogP contribution in [0.25, 0.3) is 0 Å². The maximum Gasteiger partial charge on any atom is 0.282 e. The summed E-state index contributed by atoms with van der Waals surface area (Å²) in [5.74, 6) is 0. The molecule has 5 aromatic carbocycles. The van der Waals surface area contributed by atoms with Crippen LogP contribution in [-0.4, -0.2) is 41.1 Å². The summed E-state index contributed by atoms with van der Waals surface area (Å²) >= 11 is 0. The lowest BCUT2D eigenvalue weighted by Gasteiger charge is -2.47. The monoisotopic (exact) mass is 644 g/mol. The Hall–Kier alpha value is -4.15. The predicted octanol–water partition coefficient (Wildman–Crippen LogP) is 9.43. The van der Waals surface area contributed by atoms with Crippen molar-refractivity contribution in [2.24, 2.45) is 0 Å². The van der Waals surface area contributed by atoms with E-state index in [1.54, 1.807) is 0 Å². The van der Waals surface area contributed by atoms with Crippen LogP contribution in [0.5, 0.6) is 0 Å². The van der Waals surface area contributed by atoms with E-state index in [2.05, 4.69) is 119 Å². The number of benzene rings is 5. The van der Waals surface area contributed by atoms with Crippen LogP contribution in [0.3, 0.4) is 0 Å². The molecule has 2 aliphatic heterocycles. The zero-order valence-electron chi connectivity index (χ0n) is 29.2. The van der Waals surface area contributed by atoms with E-state index in [9.17, 15) is 4.57 Å². The minimum Gasteiger partial charge on any atom is -0.327 e. The molecule has 0 saturated heterocycles. The van der Waals surface area contributed by atoms with Crippen molar-refractivity contribution in [3.63, 3.8) is 0 Å². The number of para-hydroxylation sites is 3. The topological polar surface area (TPSA) is 23.6 Å². The average molecular weight is 645 g/mol. The molecule has 0 amide bonds. The van der Waals surface area contributed by atoms with Crippen LogP contribution in [0.15, 0.2) is 115 Å². The summed E-state index contributed by atoms with van der Waals surface area (Å²) in [6.07, 6.45) is 0. The normalized spacial score (nSPS) is 23.3. The van der Waals surface area contributed by atoms with Gasteiger partial charge in [-0.25, -0.2) is 4.25 Å². The maximum absolute atomic E-state index is 14.0. The Bertz CT molecular complexity index is 1940. The molecule has 0 bridgehead atoms. The van der Waals surface area contributed by atoms with Crippen molar-refractivity contribution in [3.05, 3.63) is 143 Å². The summed E-state index contributed by atoms with van der Waals surface area (Å²) in [5, 5.41) is 0.941. The van der Waals surface area contributed by atoms with Crippen molar-refractivity contribution in [3.8, 4) is 0 Å². The van der Waals surface area contributed by atoms with E-state index in [1.807, 2.05) is 61.3 Å². The Morgan fingerprint density at radius 2 is 1.23 bits per heavy atom. The highest BCUT2D eigenvalue weighted by Crippen LogP contribution is 2.58. The van der Waals surface area contributed by atoms with Crippen LogP contribution in [0, 0.1) is 27.7 Å². The van der Waals surface area contributed by atoms with E-state index in [1.165, 1.54) is 39.2 Å². The summed E-state index contributed by atoms with van der Waals surface area (Å²) in [6, 6.07) is 40.2. The molecular weight excluding hydrogens is 595 g/mol. The van der Waals surface area contributed by atoms with Crippen molar-refractivity contribution in [2.75, 3.05) is 50.9 Å². The molecule has 0 fully saturated rings. The number of hydrogen-bond acceptors (Lipinski definition) is 3. The van der Waals surface area contributed by atoms with E-state index < -0.39 is 7.29 Å². The Labute approximate surface area is 281 Å². The van der Waals surface area contributed by atoms with Gasteiger partial charge in [-0.15, -0.1) is 0 Å². The fraction of sp³-hybridized carbons (Fsp3) is 0.268. The summed E-state index contributed by atoms with van der Waals surface area (Å²) in [6.45, 7) is 13.4. The molecule has 3 atom stereocenters. The largest absolute Gasteiger partial charge is 0.327 e. The second-order valence-corrected chi connectivity index (χ2v) is 17.2. The molecule has 0 aliphatic carbocycles. The summed E-state index contributed by atoms with van der Waals surface area (Å²) in [7, 11) is 3.98. The third kappa shape index (κ3) is 6.05. The van der Waals surface area contributed by atoms with Gasteiger partial charge in [0.05, 0.1) is 30.8 Å². The van der Waals surface area contributed by atoms with Gasteiger partial charge in [-0.3, -0.25) is 13.9 Å². The molecule has 5 aromatic rings. The number of aryl methyl sites for hydroxylation is 4. The summed E-state index contributed by atoms with van der Waals surface area (Å²) in [5.41, 5.74) is 13.0. The van der Waals surface area contributed by atoms with Crippen LogP contribution in [-0.2, 0) is 11.1 Å². The Morgan fingerprint density at radius 1 is 0.660 bits per heavy atom. The first-order chi connectivity index (χ1) is 22.3. The van der Waals surface area contributed by atoms with E-state index >= 15 is 0 Å². The molecule has 0 radical (unpaired) electrons. The van der Waals surface area contributed by atoms with E-state index in [4.69, 9.17) is 0 Å². The third-order valence-corrected chi connectivity index (χ3v) is 13.4. The van der Waals surface area contributed by atoms with Gasteiger partial charge in [-0.2, -0.15) is 0 Å². The van der Waals surface area contributed by atoms with Gasteiger partial charge in [0, 0.05) is 37.1 Å². The molecule has 2 heterocycles. The quantitative estimate of drug-likeness (QED) is 0.144. The molecular formula is C41H49N4OP+2. The Kier molecular flexibility index (Phi) is 8.69. The molecule has 5 nitrogen and oxygen atoms in total. The highest BCUT2D eigenvalue weighted by molar-refractivity contribution is 7.71. The zero-order valence-corrected chi connectivity index (χ0v) is 30.1. The molecule has 3 unspecified atom stereocenters. The van der Waals surface area contributed by atoms with Gasteiger partial charge in [0.25, 0.3) is 7.29 Å². The lowest BCUT2D eigenvalue weighted by atomic mass is 9.99. The molecule has 0 aromatic heterocycles. The third-order valence-electron chi connectivity index (χ3n) is 10.0. The highest BCUT2D eigenvalue weighted by atomic mass is 31.2. The lowest BCUT2D eigenvalue weighted by molar-refractivity contribution is 0.310. The number of quaternary nitrogens is 2. The lowest BCUT2D eigenvalue weighted by Crippen LogP contribution is -2.55. The molecule has 2 aliphatic rings. The highest BCUT2D eigenvalue weighted by Gasteiger charge is 2.50. The van der Waals surface area contributed by atoms with Gasteiger partial charge in [0.1, 0.15) is 17.9 Å². The predicted molar refractivity (Wildman–Crippen MR) is 204 cm³/mol. The zero-order chi connectivity index (χ0) is 33.6. The van der Waals surface area contributed by atoms with Crippen LogP contribution < -0.4 is 23.8 Å². The van der Waals surface area contributed by atoms with Gasteiger partial charge in [-0.1, -0.05) is 66.2 Å². The van der Waals surface area contributed by atoms with Crippen molar-refractivity contribution in [1.29, 1.82) is 0 Å². The molecule has 0 saturated carbocycles. The first kappa shape index (κ1) is 32.8. The summed E-state index contributed by atoms with van der Waals surface area (Å²) < 4.78 is 15.4. The van der Waals surface area contributed by atoms with Crippen molar-refractivity contribution >= 4 is 41.0 Å². The number of rotatable bonds is 3. The molecule has 242 valence electrons. The van der Waals surface area contributed by atoms with Gasteiger partial charge < -0.3 is 4.90 Å². The van der Waals surface area contributed by atoms with Crippen LogP contribution in [0.4, 0.5) is 28.4 Å². The number of hydrogen-bond donors (Lipinski definition) is 0. The van der Waals surface area contributed by atoms with Gasteiger partial charge in [-0.05, 0) is 86.8 Å². The first-order valence-electron chi connectivity index (χ1n) is 16.5. The maximum atomic E-state index is 14.0. The Morgan fingerprint density at radius 3 is 1.89 bits per heavy atom. The van der Waals surface area contributed by atoms with Gasteiger partial charge in [0.15, 0.2) is 13.3 Å². The molecule has 0 N–H and O–H groups in total. The number of fused-ring (bicyclic) bond motifs is 2. The number of nitrogens with zero attached hydrogens (tertiary/aromatic N) is 4. The van der Waals surface area contributed by atoms with Crippen LogP contribution in [0.1, 0.15) is 27.8 Å². The molecule has 6 heteroatoms. The SMILES string of the molecule is C[N+]1(c2ccccc2)CN(c2ccccc2)c2ccccc2P1(C)=O.Cc1cc(C)cc([N+]2(C)Cc3cc(C)cc(C)c3N(C)C2)c1. The molecule has 7 rings (SSSR count). The average Bonchev–Trinajstić information content (AvgIpc) is 3.03. The van der Waals surface area contributed by atoms with Gasteiger partial charge >= 0.3 is 0 Å². The minimum atomic E-state index is -2.68. The smallest absolute Gasteiger partial charge is 0.282 e. The van der Waals surface area contributed by atoms with Crippen LogP contribution in [0.2, 0.25) is 0 Å². The second-order valence-electron chi connectivity index (χ2n) is 14.1. The standard InChI is InChI=1S/C21H22N2OP.C20H27N2/c1-23(19-13-7-4-8-14-19)17-22(18-11-5-3-6-12-18)20-15-9-10-16-21(20)25(23,2)24;1-14-7-15(2)11-19(10-14)22(6)12-18-9-16(3)8-17(4)20(18)21(5)13-22/h3-16H,17H2,1-2H3;7-11H,12-13H2,1-6H3/q2*+1.